The van der Waals surface area contributed by atoms with Crippen LogP contribution in [0.4, 0.5) is 25.1 Å². The van der Waals surface area contributed by atoms with Crippen LogP contribution >= 0.6 is 15.9 Å². The standard InChI is InChI=1S/C31H35BrF2N6O4/c1-5-6-11-25(41)39-26-23(35-18-21-22(32)9-7-10-24(21)43-28(33)34)14-19(15-36-26)20-16-37-27(38-17-20)31(12-8-13-31)40-29(42)44-30(2,3)4/h5,7,9-10,14-17,28,35H,1,6,8,11-13,18H2,2-4H3,(H,40,42)(H,36,39,41). The minimum Gasteiger partial charge on any atom is -0.444 e. The molecule has 0 unspecified atom stereocenters. The van der Waals surface area contributed by atoms with Crippen LogP contribution in [0.5, 0.6) is 5.75 Å². The van der Waals surface area contributed by atoms with E-state index >= 15 is 0 Å². The van der Waals surface area contributed by atoms with Crippen molar-refractivity contribution in [1.29, 1.82) is 0 Å². The van der Waals surface area contributed by atoms with Crippen LogP contribution in [-0.4, -0.2) is 39.2 Å². The molecule has 0 aliphatic heterocycles. The molecule has 2 aromatic heterocycles. The van der Waals surface area contributed by atoms with Crippen LogP contribution in [-0.2, 0) is 21.6 Å². The summed E-state index contributed by atoms with van der Waals surface area (Å²) in [6.45, 7) is 6.14. The molecule has 3 aromatic rings. The minimum absolute atomic E-state index is 0.0106. The number of amides is 2. The zero-order chi connectivity index (χ0) is 31.9. The molecule has 1 saturated carbocycles. The van der Waals surface area contributed by atoms with E-state index in [1.807, 2.05) is 0 Å². The van der Waals surface area contributed by atoms with Crippen molar-refractivity contribution < 1.29 is 27.8 Å². The Balaban J connectivity index is 1.60. The Hall–Kier alpha value is -4.13. The summed E-state index contributed by atoms with van der Waals surface area (Å²) in [5.74, 6) is 0.498. The Morgan fingerprint density at radius 1 is 1.14 bits per heavy atom. The summed E-state index contributed by atoms with van der Waals surface area (Å²) in [6, 6.07) is 6.52. The molecule has 10 nitrogen and oxygen atoms in total. The molecule has 1 aromatic carbocycles. The maximum atomic E-state index is 13.0. The van der Waals surface area contributed by atoms with Gasteiger partial charge in [-0.15, -0.1) is 6.58 Å². The van der Waals surface area contributed by atoms with Crippen molar-refractivity contribution in [3.63, 3.8) is 0 Å². The molecule has 1 aliphatic rings. The zero-order valence-electron chi connectivity index (χ0n) is 24.8. The molecule has 1 fully saturated rings. The third-order valence-electron chi connectivity index (χ3n) is 6.83. The normalized spacial score (nSPS) is 13.9. The number of alkyl carbamates (subject to hydrolysis) is 1. The number of hydrogen-bond donors (Lipinski definition) is 3. The van der Waals surface area contributed by atoms with E-state index in [0.29, 0.717) is 51.9 Å². The molecule has 2 amide bonds. The summed E-state index contributed by atoms with van der Waals surface area (Å²) in [5, 5.41) is 8.94. The first-order chi connectivity index (χ1) is 20.9. The average Bonchev–Trinajstić information content (AvgIpc) is 2.93. The predicted molar refractivity (Wildman–Crippen MR) is 166 cm³/mol. The number of benzene rings is 1. The number of aromatic nitrogens is 3. The topological polar surface area (TPSA) is 127 Å². The van der Waals surface area contributed by atoms with Crippen molar-refractivity contribution >= 4 is 39.4 Å². The zero-order valence-corrected chi connectivity index (χ0v) is 26.3. The number of ether oxygens (including phenoxy) is 2. The van der Waals surface area contributed by atoms with Gasteiger partial charge in [-0.25, -0.2) is 19.7 Å². The minimum atomic E-state index is -2.99. The van der Waals surface area contributed by atoms with Gasteiger partial charge in [0.25, 0.3) is 0 Å². The van der Waals surface area contributed by atoms with Gasteiger partial charge in [-0.2, -0.15) is 8.78 Å². The van der Waals surface area contributed by atoms with Gasteiger partial charge >= 0.3 is 12.7 Å². The lowest BCUT2D eigenvalue weighted by Crippen LogP contribution is -2.53. The van der Waals surface area contributed by atoms with Crippen LogP contribution < -0.4 is 20.7 Å². The van der Waals surface area contributed by atoms with E-state index in [0.717, 1.165) is 6.42 Å². The van der Waals surface area contributed by atoms with Gasteiger partial charge in [-0.05, 0) is 64.7 Å². The fraction of sp³-hybridized carbons (Fsp3) is 0.387. The molecule has 0 saturated heterocycles. The molecule has 234 valence electrons. The Labute approximate surface area is 263 Å². The van der Waals surface area contributed by atoms with Crippen molar-refractivity contribution in [3.8, 4) is 16.9 Å². The van der Waals surface area contributed by atoms with Crippen molar-refractivity contribution in [2.24, 2.45) is 0 Å². The summed E-state index contributed by atoms with van der Waals surface area (Å²) in [6.07, 6.45) is 8.99. The molecule has 0 radical (unpaired) electrons. The second-order valence-electron chi connectivity index (χ2n) is 11.3. The molecule has 0 spiro atoms. The highest BCUT2D eigenvalue weighted by Crippen LogP contribution is 2.40. The Kier molecular flexibility index (Phi) is 10.5. The van der Waals surface area contributed by atoms with Crippen molar-refractivity contribution in [2.75, 3.05) is 10.6 Å². The first-order valence-corrected chi connectivity index (χ1v) is 14.9. The van der Waals surface area contributed by atoms with E-state index in [1.54, 1.807) is 63.6 Å². The lowest BCUT2D eigenvalue weighted by molar-refractivity contribution is -0.116. The lowest BCUT2D eigenvalue weighted by Gasteiger charge is -2.41. The Bertz CT molecular complexity index is 1490. The maximum Gasteiger partial charge on any atom is 0.408 e. The monoisotopic (exact) mass is 672 g/mol. The van der Waals surface area contributed by atoms with E-state index in [2.05, 4.69) is 53.4 Å². The molecule has 1 aliphatic carbocycles. The summed E-state index contributed by atoms with van der Waals surface area (Å²) in [4.78, 5) is 38.6. The SMILES string of the molecule is C=CCCC(=O)Nc1ncc(-c2cnc(C3(NC(=O)OC(C)(C)C)CCC3)nc2)cc1NCc1c(Br)cccc1OC(F)F. The molecule has 2 heterocycles. The van der Waals surface area contributed by atoms with Crippen LogP contribution in [0.15, 0.2) is 60.0 Å². The number of rotatable bonds is 12. The number of carbonyl (C=O) groups is 2. The average molecular weight is 674 g/mol. The third-order valence-corrected chi connectivity index (χ3v) is 7.57. The number of hydrogen-bond acceptors (Lipinski definition) is 8. The van der Waals surface area contributed by atoms with Gasteiger partial charge < -0.3 is 25.4 Å². The Morgan fingerprint density at radius 2 is 1.84 bits per heavy atom. The van der Waals surface area contributed by atoms with Crippen molar-refractivity contribution in [1.82, 2.24) is 20.3 Å². The van der Waals surface area contributed by atoms with Crippen LogP contribution in [0.3, 0.4) is 0 Å². The fourth-order valence-corrected chi connectivity index (χ4v) is 5.03. The summed E-state index contributed by atoms with van der Waals surface area (Å²) < 4.78 is 36.8. The number of carbonyl (C=O) groups excluding carboxylic acids is 2. The summed E-state index contributed by atoms with van der Waals surface area (Å²) in [7, 11) is 0. The number of nitrogens with one attached hydrogen (secondary N) is 3. The molecule has 0 bridgehead atoms. The van der Waals surface area contributed by atoms with E-state index < -0.39 is 23.8 Å². The number of pyridine rings is 1. The predicted octanol–water partition coefficient (Wildman–Crippen LogP) is 7.32. The van der Waals surface area contributed by atoms with Crippen LogP contribution in [0.1, 0.15) is 64.3 Å². The molecule has 0 atom stereocenters. The highest BCUT2D eigenvalue weighted by molar-refractivity contribution is 9.10. The van der Waals surface area contributed by atoms with Crippen LogP contribution in [0.25, 0.3) is 11.1 Å². The summed E-state index contributed by atoms with van der Waals surface area (Å²) in [5.41, 5.74) is 0.846. The number of halogens is 3. The van der Waals surface area contributed by atoms with Gasteiger partial charge in [0, 0.05) is 52.7 Å². The highest BCUT2D eigenvalue weighted by atomic mass is 79.9. The van der Waals surface area contributed by atoms with E-state index in [-0.39, 0.29) is 30.4 Å². The van der Waals surface area contributed by atoms with Crippen molar-refractivity contribution in [2.45, 2.75) is 77.2 Å². The molecule has 3 N–H and O–H groups in total. The summed E-state index contributed by atoms with van der Waals surface area (Å²) >= 11 is 3.40. The molecular formula is C31H35BrF2N6O4. The van der Waals surface area contributed by atoms with Gasteiger partial charge in [0.05, 0.1) is 5.69 Å². The van der Waals surface area contributed by atoms with Gasteiger partial charge in [-0.1, -0.05) is 28.1 Å². The van der Waals surface area contributed by atoms with Gasteiger partial charge in [0.15, 0.2) is 11.6 Å². The second kappa shape index (κ2) is 14.1. The quantitative estimate of drug-likeness (QED) is 0.171. The van der Waals surface area contributed by atoms with Gasteiger partial charge in [0.1, 0.15) is 16.9 Å². The van der Waals surface area contributed by atoms with Crippen LogP contribution in [0.2, 0.25) is 0 Å². The third kappa shape index (κ3) is 8.49. The first kappa shape index (κ1) is 32.8. The number of nitrogens with zero attached hydrogens (tertiary/aromatic N) is 3. The van der Waals surface area contributed by atoms with E-state index in [4.69, 9.17) is 9.47 Å². The fourth-order valence-electron chi connectivity index (χ4n) is 4.54. The first-order valence-electron chi connectivity index (χ1n) is 14.1. The van der Waals surface area contributed by atoms with Gasteiger partial charge in [0.2, 0.25) is 5.91 Å². The number of anilines is 2. The lowest BCUT2D eigenvalue weighted by atomic mass is 9.76. The largest absolute Gasteiger partial charge is 0.444 e. The molecule has 4 rings (SSSR count). The molecule has 13 heteroatoms. The number of allylic oxidation sites excluding steroid dienone is 1. The second-order valence-corrected chi connectivity index (χ2v) is 12.2. The smallest absolute Gasteiger partial charge is 0.408 e. The molecule has 44 heavy (non-hydrogen) atoms. The van der Waals surface area contributed by atoms with E-state index in [1.165, 1.54) is 6.07 Å². The Morgan fingerprint density at radius 3 is 2.45 bits per heavy atom. The number of alkyl halides is 2. The molecular weight excluding hydrogens is 638 g/mol. The highest BCUT2D eigenvalue weighted by Gasteiger charge is 2.43. The van der Waals surface area contributed by atoms with Gasteiger partial charge in [-0.3, -0.25) is 4.79 Å². The van der Waals surface area contributed by atoms with Crippen LogP contribution in [0, 0.1) is 0 Å². The van der Waals surface area contributed by atoms with E-state index in [9.17, 15) is 18.4 Å². The van der Waals surface area contributed by atoms with Crippen molar-refractivity contribution in [3.05, 3.63) is 71.4 Å². The maximum absolute atomic E-state index is 13.0.